The van der Waals surface area contributed by atoms with Gasteiger partial charge in [0.05, 0.1) is 19.3 Å². The van der Waals surface area contributed by atoms with Crippen molar-refractivity contribution in [2.75, 3.05) is 38.2 Å². The molecule has 0 bridgehead atoms. The molecule has 1 atom stereocenters. The van der Waals surface area contributed by atoms with Gasteiger partial charge in [0, 0.05) is 43.2 Å². The second-order valence-electron chi connectivity index (χ2n) is 7.12. The van der Waals surface area contributed by atoms with Crippen molar-refractivity contribution in [1.82, 2.24) is 16.0 Å². The number of benzene rings is 1. The average molecular weight is 410 g/mol. The predicted molar refractivity (Wildman–Crippen MR) is 116 cm³/mol. The minimum atomic E-state index is 0.0229. The van der Waals surface area contributed by atoms with Gasteiger partial charge in [0.2, 0.25) is 5.91 Å². The minimum absolute atomic E-state index is 0.0229. The lowest BCUT2D eigenvalue weighted by Gasteiger charge is -2.22. The lowest BCUT2D eigenvalue weighted by molar-refractivity contribution is -0.121. The van der Waals surface area contributed by atoms with Crippen molar-refractivity contribution in [3.63, 3.8) is 0 Å². The molecule has 1 heterocycles. The molecule has 7 nitrogen and oxygen atoms in total. The molecule has 0 spiro atoms. The highest BCUT2D eigenvalue weighted by Gasteiger charge is 2.25. The molecule has 1 saturated heterocycles. The SMILES string of the molecule is CCNC(=NCCC(=O)NC(C)C)NC1CCN(c2cc(Cl)ccc2OC)C1. The molecule has 156 valence electrons. The summed E-state index contributed by atoms with van der Waals surface area (Å²) in [4.78, 5) is 18.6. The van der Waals surface area contributed by atoms with E-state index in [0.717, 1.165) is 43.5 Å². The molecule has 1 fully saturated rings. The highest BCUT2D eigenvalue weighted by molar-refractivity contribution is 6.30. The maximum atomic E-state index is 11.8. The van der Waals surface area contributed by atoms with Crippen LogP contribution in [0.1, 0.15) is 33.6 Å². The molecule has 1 aliphatic heterocycles. The van der Waals surface area contributed by atoms with Crippen LogP contribution < -0.4 is 25.6 Å². The number of nitrogens with one attached hydrogen (secondary N) is 3. The van der Waals surface area contributed by atoms with Crippen LogP contribution in [-0.4, -0.2) is 57.2 Å². The summed E-state index contributed by atoms with van der Waals surface area (Å²) in [5, 5.41) is 10.3. The number of aliphatic imine (C=N–C) groups is 1. The predicted octanol–water partition coefficient (Wildman–Crippen LogP) is 2.40. The molecule has 28 heavy (non-hydrogen) atoms. The summed E-state index contributed by atoms with van der Waals surface area (Å²) in [6.07, 6.45) is 1.36. The molecule has 2 rings (SSSR count). The first kappa shape index (κ1) is 22.1. The molecule has 1 unspecified atom stereocenters. The molecule has 8 heteroatoms. The third-order valence-electron chi connectivity index (χ3n) is 4.41. The molecular weight excluding hydrogens is 378 g/mol. The highest BCUT2D eigenvalue weighted by atomic mass is 35.5. The first-order chi connectivity index (χ1) is 13.4. The third kappa shape index (κ3) is 6.78. The van der Waals surface area contributed by atoms with E-state index >= 15 is 0 Å². The number of amides is 1. The first-order valence-corrected chi connectivity index (χ1v) is 10.2. The van der Waals surface area contributed by atoms with E-state index in [9.17, 15) is 4.79 Å². The summed E-state index contributed by atoms with van der Waals surface area (Å²) in [6, 6.07) is 6.07. The Kier molecular flexibility index (Phi) is 8.70. The summed E-state index contributed by atoms with van der Waals surface area (Å²) in [6.45, 7) is 8.89. The van der Waals surface area contributed by atoms with Crippen LogP contribution in [0, 0.1) is 0 Å². The zero-order valence-corrected chi connectivity index (χ0v) is 18.0. The number of anilines is 1. The Balaban J connectivity index is 1.93. The largest absolute Gasteiger partial charge is 0.495 e. The maximum Gasteiger partial charge on any atom is 0.222 e. The van der Waals surface area contributed by atoms with Crippen molar-refractivity contribution in [3.05, 3.63) is 23.2 Å². The quantitative estimate of drug-likeness (QED) is 0.454. The van der Waals surface area contributed by atoms with Gasteiger partial charge in [-0.25, -0.2) is 0 Å². The third-order valence-corrected chi connectivity index (χ3v) is 4.65. The number of methoxy groups -OCH3 is 1. The molecule has 0 saturated carbocycles. The van der Waals surface area contributed by atoms with Crippen molar-refractivity contribution in [1.29, 1.82) is 0 Å². The fourth-order valence-electron chi connectivity index (χ4n) is 3.18. The summed E-state index contributed by atoms with van der Waals surface area (Å²) in [5.74, 6) is 1.58. The number of hydrogen-bond donors (Lipinski definition) is 3. The molecule has 1 aliphatic rings. The van der Waals surface area contributed by atoms with E-state index in [4.69, 9.17) is 16.3 Å². The lowest BCUT2D eigenvalue weighted by atomic mass is 10.2. The van der Waals surface area contributed by atoms with Gasteiger partial charge in [0.15, 0.2) is 5.96 Å². The lowest BCUT2D eigenvalue weighted by Crippen LogP contribution is -2.44. The summed E-state index contributed by atoms with van der Waals surface area (Å²) in [5.41, 5.74) is 1.01. The van der Waals surface area contributed by atoms with E-state index in [1.54, 1.807) is 7.11 Å². The van der Waals surface area contributed by atoms with Gasteiger partial charge in [-0.1, -0.05) is 11.6 Å². The molecule has 0 radical (unpaired) electrons. The second-order valence-corrected chi connectivity index (χ2v) is 7.56. The van der Waals surface area contributed by atoms with Crippen LogP contribution in [0.2, 0.25) is 5.02 Å². The van der Waals surface area contributed by atoms with Crippen molar-refractivity contribution in [3.8, 4) is 5.75 Å². The van der Waals surface area contributed by atoms with E-state index in [-0.39, 0.29) is 18.0 Å². The van der Waals surface area contributed by atoms with Gasteiger partial charge in [0.1, 0.15) is 5.75 Å². The van der Waals surface area contributed by atoms with Crippen LogP contribution in [0.5, 0.6) is 5.75 Å². The molecular formula is C20H32ClN5O2. The summed E-state index contributed by atoms with van der Waals surface area (Å²) < 4.78 is 5.48. The Labute approximate surface area is 172 Å². The van der Waals surface area contributed by atoms with E-state index < -0.39 is 0 Å². The average Bonchev–Trinajstić information content (AvgIpc) is 3.09. The standard InChI is InChI=1S/C20H32ClN5O2/c1-5-22-20(23-10-8-19(27)24-14(2)3)25-16-9-11-26(13-16)17-12-15(21)6-7-18(17)28-4/h6-7,12,14,16H,5,8-11,13H2,1-4H3,(H,24,27)(H2,22,23,25). The molecule has 0 aliphatic carbocycles. The maximum absolute atomic E-state index is 11.8. The molecule has 0 aromatic heterocycles. The van der Waals surface area contributed by atoms with Crippen molar-refractivity contribution in [2.45, 2.75) is 45.7 Å². The number of carbonyl (C=O) groups excluding carboxylic acids is 1. The fourth-order valence-corrected chi connectivity index (χ4v) is 3.35. The molecule has 1 amide bonds. The first-order valence-electron chi connectivity index (χ1n) is 9.85. The van der Waals surface area contributed by atoms with Crippen LogP contribution in [0.3, 0.4) is 0 Å². The number of halogens is 1. The van der Waals surface area contributed by atoms with Gasteiger partial charge in [-0.05, 0) is 45.4 Å². The van der Waals surface area contributed by atoms with E-state index in [1.165, 1.54) is 0 Å². The van der Waals surface area contributed by atoms with Gasteiger partial charge in [0.25, 0.3) is 0 Å². The van der Waals surface area contributed by atoms with Gasteiger partial charge < -0.3 is 25.6 Å². The Morgan fingerprint density at radius 2 is 2.21 bits per heavy atom. The van der Waals surface area contributed by atoms with Crippen LogP contribution in [-0.2, 0) is 4.79 Å². The number of hydrogen-bond acceptors (Lipinski definition) is 4. The van der Waals surface area contributed by atoms with Gasteiger partial charge in [-0.3, -0.25) is 9.79 Å². The van der Waals surface area contributed by atoms with Gasteiger partial charge in [-0.15, -0.1) is 0 Å². The minimum Gasteiger partial charge on any atom is -0.495 e. The van der Waals surface area contributed by atoms with Crippen LogP contribution in [0.15, 0.2) is 23.2 Å². The van der Waals surface area contributed by atoms with Crippen LogP contribution >= 0.6 is 11.6 Å². The van der Waals surface area contributed by atoms with Crippen LogP contribution in [0.4, 0.5) is 5.69 Å². The van der Waals surface area contributed by atoms with Gasteiger partial charge >= 0.3 is 0 Å². The molecule has 3 N–H and O–H groups in total. The van der Waals surface area contributed by atoms with Crippen molar-refractivity contribution in [2.24, 2.45) is 4.99 Å². The number of carbonyl (C=O) groups is 1. The van der Waals surface area contributed by atoms with E-state index in [1.807, 2.05) is 39.0 Å². The molecule has 1 aromatic rings. The summed E-state index contributed by atoms with van der Waals surface area (Å²) in [7, 11) is 1.67. The number of ether oxygens (including phenoxy) is 1. The number of guanidine groups is 1. The van der Waals surface area contributed by atoms with Crippen molar-refractivity contribution >= 4 is 29.2 Å². The Morgan fingerprint density at radius 3 is 2.89 bits per heavy atom. The number of nitrogens with zero attached hydrogens (tertiary/aromatic N) is 2. The monoisotopic (exact) mass is 409 g/mol. The zero-order valence-electron chi connectivity index (χ0n) is 17.2. The smallest absolute Gasteiger partial charge is 0.222 e. The van der Waals surface area contributed by atoms with E-state index in [0.29, 0.717) is 18.0 Å². The fraction of sp³-hybridized carbons (Fsp3) is 0.600. The molecule has 1 aromatic carbocycles. The Bertz CT molecular complexity index is 681. The van der Waals surface area contributed by atoms with Crippen molar-refractivity contribution < 1.29 is 9.53 Å². The van der Waals surface area contributed by atoms with Crippen LogP contribution in [0.25, 0.3) is 0 Å². The van der Waals surface area contributed by atoms with E-state index in [2.05, 4.69) is 25.8 Å². The Morgan fingerprint density at radius 1 is 1.43 bits per heavy atom. The zero-order chi connectivity index (χ0) is 20.5. The topological polar surface area (TPSA) is 78.0 Å². The highest BCUT2D eigenvalue weighted by Crippen LogP contribution is 2.33. The normalized spacial score (nSPS) is 17.0. The van der Waals surface area contributed by atoms with Gasteiger partial charge in [-0.2, -0.15) is 0 Å². The Hall–Kier alpha value is -2.15. The number of rotatable bonds is 8. The summed E-state index contributed by atoms with van der Waals surface area (Å²) >= 11 is 6.17. The second kappa shape index (κ2) is 11.0.